The van der Waals surface area contributed by atoms with Crippen molar-refractivity contribution in [3.8, 4) is 5.75 Å². The third-order valence-electron chi connectivity index (χ3n) is 5.80. The number of nitrogens with zero attached hydrogens (tertiary/aromatic N) is 3. The summed E-state index contributed by atoms with van der Waals surface area (Å²) in [5.41, 5.74) is 1.07. The van der Waals surface area contributed by atoms with E-state index in [-0.39, 0.29) is 35.9 Å². The molecule has 0 saturated carbocycles. The van der Waals surface area contributed by atoms with Crippen molar-refractivity contribution in [1.82, 2.24) is 15.1 Å². The van der Waals surface area contributed by atoms with Gasteiger partial charge in [-0.2, -0.15) is 0 Å². The zero-order chi connectivity index (χ0) is 21.9. The summed E-state index contributed by atoms with van der Waals surface area (Å²) in [6.45, 7) is 10.1. The molecular formula is C23H37IN4O4. The first-order chi connectivity index (χ1) is 15.2. The van der Waals surface area contributed by atoms with Crippen LogP contribution in [-0.2, 0) is 20.8 Å². The highest BCUT2D eigenvalue weighted by Gasteiger charge is 2.27. The summed E-state index contributed by atoms with van der Waals surface area (Å²) in [6, 6.07) is 8.11. The van der Waals surface area contributed by atoms with E-state index in [1.165, 1.54) is 7.11 Å². The van der Waals surface area contributed by atoms with Crippen LogP contribution in [0.4, 0.5) is 0 Å². The van der Waals surface area contributed by atoms with Crippen molar-refractivity contribution in [1.29, 1.82) is 0 Å². The van der Waals surface area contributed by atoms with Gasteiger partial charge in [-0.15, -0.1) is 24.0 Å². The SMILES string of the molecule is CCNC(=NCc1ccccc1OCCN1CCOCC1)N1CCC(C(=O)OC)CC1.I. The number of aliphatic imine (C=N–C) groups is 1. The minimum Gasteiger partial charge on any atom is -0.492 e. The number of ether oxygens (including phenoxy) is 3. The number of carbonyl (C=O) groups is 1. The van der Waals surface area contributed by atoms with Gasteiger partial charge in [0.15, 0.2) is 5.96 Å². The Morgan fingerprint density at radius 1 is 1.19 bits per heavy atom. The van der Waals surface area contributed by atoms with Crippen LogP contribution in [0.1, 0.15) is 25.3 Å². The van der Waals surface area contributed by atoms with E-state index in [1.54, 1.807) is 0 Å². The van der Waals surface area contributed by atoms with E-state index in [4.69, 9.17) is 19.2 Å². The largest absolute Gasteiger partial charge is 0.492 e. The van der Waals surface area contributed by atoms with Crippen molar-refractivity contribution >= 4 is 35.9 Å². The molecule has 180 valence electrons. The first kappa shape index (κ1) is 26.7. The number of rotatable bonds is 8. The fourth-order valence-electron chi connectivity index (χ4n) is 3.96. The van der Waals surface area contributed by atoms with Crippen molar-refractivity contribution in [3.05, 3.63) is 29.8 Å². The summed E-state index contributed by atoms with van der Waals surface area (Å²) in [5.74, 6) is 1.66. The molecule has 9 heteroatoms. The van der Waals surface area contributed by atoms with Gasteiger partial charge in [0.05, 0.1) is 32.8 Å². The lowest BCUT2D eigenvalue weighted by Crippen LogP contribution is -2.46. The number of methoxy groups -OCH3 is 1. The first-order valence-corrected chi connectivity index (χ1v) is 11.3. The number of para-hydroxylation sites is 1. The summed E-state index contributed by atoms with van der Waals surface area (Å²) >= 11 is 0. The van der Waals surface area contributed by atoms with Gasteiger partial charge in [-0.25, -0.2) is 4.99 Å². The van der Waals surface area contributed by atoms with Crippen LogP contribution in [-0.4, -0.2) is 87.9 Å². The van der Waals surface area contributed by atoms with E-state index < -0.39 is 0 Å². The second-order valence-electron chi connectivity index (χ2n) is 7.86. The third-order valence-corrected chi connectivity index (χ3v) is 5.80. The average Bonchev–Trinajstić information content (AvgIpc) is 2.83. The molecule has 1 N–H and O–H groups in total. The van der Waals surface area contributed by atoms with Gasteiger partial charge in [0.2, 0.25) is 0 Å². The predicted molar refractivity (Wildman–Crippen MR) is 136 cm³/mol. The lowest BCUT2D eigenvalue weighted by Gasteiger charge is -2.33. The number of piperidine rings is 1. The molecule has 2 heterocycles. The number of nitrogens with one attached hydrogen (secondary N) is 1. The number of hydrogen-bond donors (Lipinski definition) is 1. The van der Waals surface area contributed by atoms with E-state index in [0.717, 1.165) is 82.6 Å². The van der Waals surface area contributed by atoms with Crippen molar-refractivity contribution in [2.75, 3.05) is 66.2 Å². The molecule has 0 aromatic heterocycles. The summed E-state index contributed by atoms with van der Waals surface area (Å²) in [5, 5.41) is 3.39. The molecule has 0 spiro atoms. The molecule has 2 aliphatic rings. The molecule has 0 unspecified atom stereocenters. The summed E-state index contributed by atoms with van der Waals surface area (Å²) < 4.78 is 16.4. The van der Waals surface area contributed by atoms with E-state index in [1.807, 2.05) is 18.2 Å². The Balaban J connectivity index is 0.00000363. The van der Waals surface area contributed by atoms with Crippen molar-refractivity contribution in [3.63, 3.8) is 0 Å². The monoisotopic (exact) mass is 560 g/mol. The maximum atomic E-state index is 11.8. The Morgan fingerprint density at radius 3 is 2.59 bits per heavy atom. The predicted octanol–water partition coefficient (Wildman–Crippen LogP) is 2.37. The fraction of sp³-hybridized carbons (Fsp3) is 0.652. The highest BCUT2D eigenvalue weighted by molar-refractivity contribution is 14.0. The van der Waals surface area contributed by atoms with Crippen LogP contribution < -0.4 is 10.1 Å². The number of benzene rings is 1. The van der Waals surface area contributed by atoms with Crippen molar-refractivity contribution in [2.24, 2.45) is 10.9 Å². The number of morpholine rings is 1. The molecule has 32 heavy (non-hydrogen) atoms. The van der Waals surface area contributed by atoms with Crippen LogP contribution in [0.25, 0.3) is 0 Å². The Kier molecular flexibility index (Phi) is 12.1. The quantitative estimate of drug-likeness (QED) is 0.227. The van der Waals surface area contributed by atoms with Crippen LogP contribution in [0.15, 0.2) is 29.3 Å². The number of likely N-dealkylation sites (tertiary alicyclic amines) is 1. The van der Waals surface area contributed by atoms with Crippen LogP contribution >= 0.6 is 24.0 Å². The Hall–Kier alpha value is -1.59. The number of esters is 1. The van der Waals surface area contributed by atoms with Crippen LogP contribution in [0.5, 0.6) is 5.75 Å². The highest BCUT2D eigenvalue weighted by atomic mass is 127. The number of guanidine groups is 1. The maximum absolute atomic E-state index is 11.8. The van der Waals surface area contributed by atoms with Crippen LogP contribution in [0.3, 0.4) is 0 Å². The van der Waals surface area contributed by atoms with Gasteiger partial charge in [0.1, 0.15) is 12.4 Å². The van der Waals surface area contributed by atoms with Crippen LogP contribution in [0, 0.1) is 5.92 Å². The van der Waals surface area contributed by atoms with Crippen LogP contribution in [0.2, 0.25) is 0 Å². The van der Waals surface area contributed by atoms with Gasteiger partial charge in [-0.1, -0.05) is 18.2 Å². The molecule has 1 aromatic carbocycles. The minimum absolute atomic E-state index is 0. The van der Waals surface area contributed by atoms with E-state index in [0.29, 0.717) is 13.2 Å². The van der Waals surface area contributed by atoms with E-state index in [9.17, 15) is 4.79 Å². The summed E-state index contributed by atoms with van der Waals surface area (Å²) in [6.07, 6.45) is 1.58. The van der Waals surface area contributed by atoms with E-state index in [2.05, 4.69) is 28.1 Å². The molecule has 0 radical (unpaired) electrons. The number of carbonyl (C=O) groups excluding carboxylic acids is 1. The highest BCUT2D eigenvalue weighted by Crippen LogP contribution is 2.21. The smallest absolute Gasteiger partial charge is 0.308 e. The van der Waals surface area contributed by atoms with Gasteiger partial charge >= 0.3 is 5.97 Å². The summed E-state index contributed by atoms with van der Waals surface area (Å²) in [7, 11) is 1.46. The van der Waals surface area contributed by atoms with Gasteiger partial charge in [0.25, 0.3) is 0 Å². The standard InChI is InChI=1S/C23H36N4O4.HI/c1-3-24-23(27-10-8-19(9-11-27)22(28)29-2)25-18-20-6-4-5-7-21(20)31-17-14-26-12-15-30-16-13-26;/h4-7,19H,3,8-18H2,1-2H3,(H,24,25);1H. The number of halogens is 1. The Labute approximate surface area is 208 Å². The first-order valence-electron chi connectivity index (χ1n) is 11.3. The molecule has 2 fully saturated rings. The van der Waals surface area contributed by atoms with Gasteiger partial charge in [0, 0.05) is 44.8 Å². The van der Waals surface area contributed by atoms with Crippen molar-refractivity contribution < 1.29 is 19.0 Å². The Morgan fingerprint density at radius 2 is 1.91 bits per heavy atom. The molecule has 8 nitrogen and oxygen atoms in total. The normalized spacial score (nSPS) is 18.1. The lowest BCUT2D eigenvalue weighted by molar-refractivity contribution is -0.146. The molecule has 2 saturated heterocycles. The molecule has 1 aromatic rings. The lowest BCUT2D eigenvalue weighted by atomic mass is 9.97. The van der Waals surface area contributed by atoms with E-state index >= 15 is 0 Å². The number of hydrogen-bond acceptors (Lipinski definition) is 6. The second-order valence-corrected chi connectivity index (χ2v) is 7.86. The maximum Gasteiger partial charge on any atom is 0.308 e. The molecule has 0 bridgehead atoms. The zero-order valence-electron chi connectivity index (χ0n) is 19.3. The second kappa shape index (κ2) is 14.5. The third kappa shape index (κ3) is 8.08. The fourth-order valence-corrected chi connectivity index (χ4v) is 3.96. The molecular weight excluding hydrogens is 523 g/mol. The molecule has 0 aliphatic carbocycles. The zero-order valence-corrected chi connectivity index (χ0v) is 21.6. The van der Waals surface area contributed by atoms with Gasteiger partial charge in [-0.05, 0) is 25.8 Å². The molecule has 3 rings (SSSR count). The topological polar surface area (TPSA) is 75.6 Å². The minimum atomic E-state index is -0.107. The van der Waals surface area contributed by atoms with Gasteiger partial charge < -0.3 is 24.4 Å². The summed E-state index contributed by atoms with van der Waals surface area (Å²) in [4.78, 5) is 21.3. The molecule has 0 amide bonds. The Bertz CT molecular complexity index is 720. The van der Waals surface area contributed by atoms with Crippen molar-refractivity contribution in [2.45, 2.75) is 26.3 Å². The average molecular weight is 560 g/mol. The van der Waals surface area contributed by atoms with Gasteiger partial charge in [-0.3, -0.25) is 9.69 Å². The molecule has 0 atom stereocenters. The molecule has 2 aliphatic heterocycles.